The molecule has 1 aromatic carbocycles. The van der Waals surface area contributed by atoms with Gasteiger partial charge in [-0.1, -0.05) is 0 Å². The van der Waals surface area contributed by atoms with Gasteiger partial charge in [0.25, 0.3) is 0 Å². The van der Waals surface area contributed by atoms with E-state index in [1.807, 2.05) is 6.07 Å². The number of ether oxygens (including phenoxy) is 1. The van der Waals surface area contributed by atoms with E-state index in [1.165, 1.54) is 6.33 Å². The number of aromatic nitrogens is 4. The number of hydrogen-bond acceptors (Lipinski definition) is 5. The maximum atomic E-state index is 9.64. The minimum absolute atomic E-state index is 0.172. The van der Waals surface area contributed by atoms with E-state index in [4.69, 9.17) is 4.74 Å². The molecule has 0 amide bonds. The summed E-state index contributed by atoms with van der Waals surface area (Å²) < 4.78 is 5.31. The van der Waals surface area contributed by atoms with Crippen molar-refractivity contribution in [1.29, 1.82) is 0 Å². The molecule has 6 heteroatoms. The monoisotopic (exact) mass is 268 g/mol. The van der Waals surface area contributed by atoms with Crippen molar-refractivity contribution in [3.8, 4) is 34.0 Å². The molecule has 0 spiro atoms. The number of nitrogens with zero attached hydrogens (tertiary/aromatic N) is 3. The molecular weight excluding hydrogens is 256 g/mol. The molecule has 3 rings (SSSR count). The molecule has 6 nitrogen and oxygen atoms in total. The predicted molar refractivity (Wildman–Crippen MR) is 73.3 cm³/mol. The SMILES string of the molecule is COc1ccc(O)cc1-c1cncc(-c2ncn[nH]2)c1. The lowest BCUT2D eigenvalue weighted by atomic mass is 10.0. The zero-order valence-corrected chi connectivity index (χ0v) is 10.7. The van der Waals surface area contributed by atoms with Gasteiger partial charge in [-0.2, -0.15) is 5.10 Å². The molecule has 0 saturated heterocycles. The van der Waals surface area contributed by atoms with E-state index >= 15 is 0 Å². The van der Waals surface area contributed by atoms with Gasteiger partial charge in [0.1, 0.15) is 17.8 Å². The molecule has 0 atom stereocenters. The van der Waals surface area contributed by atoms with Crippen LogP contribution in [-0.2, 0) is 0 Å². The average Bonchev–Trinajstić information content (AvgIpc) is 3.01. The molecule has 0 aliphatic carbocycles. The Morgan fingerprint density at radius 2 is 2.00 bits per heavy atom. The summed E-state index contributed by atoms with van der Waals surface area (Å²) in [7, 11) is 1.59. The molecule has 0 fully saturated rings. The summed E-state index contributed by atoms with van der Waals surface area (Å²) in [5, 5.41) is 16.3. The predicted octanol–water partition coefficient (Wildman–Crippen LogP) is 2.25. The molecule has 2 N–H and O–H groups in total. The summed E-state index contributed by atoms with van der Waals surface area (Å²) in [5.74, 6) is 1.48. The molecular formula is C14H12N4O2. The Morgan fingerprint density at radius 3 is 2.75 bits per heavy atom. The fourth-order valence-corrected chi connectivity index (χ4v) is 1.98. The lowest BCUT2D eigenvalue weighted by Gasteiger charge is -2.09. The van der Waals surface area contributed by atoms with Crippen molar-refractivity contribution >= 4 is 0 Å². The third-order valence-electron chi connectivity index (χ3n) is 2.92. The van der Waals surface area contributed by atoms with E-state index in [0.717, 1.165) is 16.7 Å². The van der Waals surface area contributed by atoms with E-state index in [0.29, 0.717) is 11.6 Å². The molecule has 3 aromatic rings. The Hall–Kier alpha value is -2.89. The van der Waals surface area contributed by atoms with Gasteiger partial charge in [0.15, 0.2) is 5.82 Å². The minimum atomic E-state index is 0.172. The van der Waals surface area contributed by atoms with E-state index in [2.05, 4.69) is 20.2 Å². The molecule has 0 bridgehead atoms. The first-order chi connectivity index (χ1) is 9.78. The maximum Gasteiger partial charge on any atom is 0.157 e. The fourth-order valence-electron chi connectivity index (χ4n) is 1.98. The second kappa shape index (κ2) is 5.00. The largest absolute Gasteiger partial charge is 0.508 e. The van der Waals surface area contributed by atoms with Crippen LogP contribution < -0.4 is 4.74 Å². The lowest BCUT2D eigenvalue weighted by molar-refractivity contribution is 0.414. The highest BCUT2D eigenvalue weighted by atomic mass is 16.5. The number of nitrogens with one attached hydrogen (secondary N) is 1. The topological polar surface area (TPSA) is 83.9 Å². The van der Waals surface area contributed by atoms with Crippen LogP contribution in [0.1, 0.15) is 0 Å². The van der Waals surface area contributed by atoms with Crippen molar-refractivity contribution in [1.82, 2.24) is 20.2 Å². The zero-order valence-electron chi connectivity index (χ0n) is 10.7. The number of aromatic amines is 1. The van der Waals surface area contributed by atoms with Gasteiger partial charge in [0.05, 0.1) is 7.11 Å². The van der Waals surface area contributed by atoms with Gasteiger partial charge in [-0.15, -0.1) is 0 Å². The van der Waals surface area contributed by atoms with Gasteiger partial charge in [0.2, 0.25) is 0 Å². The van der Waals surface area contributed by atoms with Crippen molar-refractivity contribution in [3.63, 3.8) is 0 Å². The van der Waals surface area contributed by atoms with E-state index in [-0.39, 0.29) is 5.75 Å². The number of methoxy groups -OCH3 is 1. The summed E-state index contributed by atoms with van der Waals surface area (Å²) in [4.78, 5) is 8.29. The summed E-state index contributed by atoms with van der Waals surface area (Å²) in [5.41, 5.74) is 2.40. The molecule has 2 aromatic heterocycles. The molecule has 0 radical (unpaired) electrons. The Bertz CT molecular complexity index is 726. The summed E-state index contributed by atoms with van der Waals surface area (Å²) in [6.45, 7) is 0. The smallest absolute Gasteiger partial charge is 0.157 e. The summed E-state index contributed by atoms with van der Waals surface area (Å²) in [6, 6.07) is 6.84. The quantitative estimate of drug-likeness (QED) is 0.761. The van der Waals surface area contributed by atoms with Crippen molar-refractivity contribution in [2.75, 3.05) is 7.11 Å². The van der Waals surface area contributed by atoms with Crippen LogP contribution in [0.25, 0.3) is 22.5 Å². The highest BCUT2D eigenvalue weighted by Crippen LogP contribution is 2.33. The maximum absolute atomic E-state index is 9.64. The van der Waals surface area contributed by atoms with Crippen LogP contribution in [-0.4, -0.2) is 32.4 Å². The van der Waals surface area contributed by atoms with E-state index < -0.39 is 0 Å². The Balaban J connectivity index is 2.11. The van der Waals surface area contributed by atoms with Crippen molar-refractivity contribution in [2.24, 2.45) is 0 Å². The van der Waals surface area contributed by atoms with Crippen molar-refractivity contribution < 1.29 is 9.84 Å². The first kappa shape index (κ1) is 12.2. The van der Waals surface area contributed by atoms with Crippen LogP contribution in [0.2, 0.25) is 0 Å². The first-order valence-electron chi connectivity index (χ1n) is 5.96. The number of H-pyrrole nitrogens is 1. The molecule has 20 heavy (non-hydrogen) atoms. The third-order valence-corrected chi connectivity index (χ3v) is 2.92. The number of phenolic OH excluding ortho intramolecular Hbond substituents is 1. The van der Waals surface area contributed by atoms with Crippen LogP contribution >= 0.6 is 0 Å². The van der Waals surface area contributed by atoms with Gasteiger partial charge in [-0.05, 0) is 24.3 Å². The van der Waals surface area contributed by atoms with Gasteiger partial charge in [0, 0.05) is 29.1 Å². The molecule has 0 aliphatic rings. The third kappa shape index (κ3) is 2.18. The summed E-state index contributed by atoms with van der Waals surface area (Å²) in [6.07, 6.45) is 4.84. The highest BCUT2D eigenvalue weighted by molar-refractivity contribution is 5.74. The van der Waals surface area contributed by atoms with Crippen molar-refractivity contribution in [3.05, 3.63) is 43.0 Å². The number of aromatic hydroxyl groups is 1. The highest BCUT2D eigenvalue weighted by Gasteiger charge is 2.09. The van der Waals surface area contributed by atoms with Crippen molar-refractivity contribution in [2.45, 2.75) is 0 Å². The van der Waals surface area contributed by atoms with Crippen LogP contribution in [0.5, 0.6) is 11.5 Å². The standard InChI is InChI=1S/C14H12N4O2/c1-20-13-3-2-11(19)5-12(13)9-4-10(7-15-6-9)14-16-8-17-18-14/h2-8,19H,1H3,(H,16,17,18). The Morgan fingerprint density at radius 1 is 1.15 bits per heavy atom. The van der Waals surface area contributed by atoms with Gasteiger partial charge < -0.3 is 9.84 Å². The molecule has 0 saturated carbocycles. The van der Waals surface area contributed by atoms with Gasteiger partial charge in [-0.3, -0.25) is 10.1 Å². The van der Waals surface area contributed by atoms with Gasteiger partial charge >= 0.3 is 0 Å². The number of phenols is 1. The van der Waals surface area contributed by atoms with Crippen LogP contribution in [0, 0.1) is 0 Å². The average molecular weight is 268 g/mol. The minimum Gasteiger partial charge on any atom is -0.508 e. The number of hydrogen-bond donors (Lipinski definition) is 2. The summed E-state index contributed by atoms with van der Waals surface area (Å²) >= 11 is 0. The van der Waals surface area contributed by atoms with Gasteiger partial charge in [-0.25, -0.2) is 4.98 Å². The molecule has 0 aliphatic heterocycles. The van der Waals surface area contributed by atoms with Crippen LogP contribution in [0.4, 0.5) is 0 Å². The Kier molecular flexibility index (Phi) is 3.04. The molecule has 0 unspecified atom stereocenters. The normalized spacial score (nSPS) is 10.4. The van der Waals surface area contributed by atoms with Crippen LogP contribution in [0.3, 0.4) is 0 Å². The fraction of sp³-hybridized carbons (Fsp3) is 0.0714. The van der Waals surface area contributed by atoms with E-state index in [1.54, 1.807) is 37.7 Å². The first-order valence-corrected chi connectivity index (χ1v) is 5.96. The zero-order chi connectivity index (χ0) is 13.9. The molecule has 2 heterocycles. The lowest BCUT2D eigenvalue weighted by Crippen LogP contribution is -1.90. The van der Waals surface area contributed by atoms with Crippen LogP contribution in [0.15, 0.2) is 43.0 Å². The second-order valence-corrected chi connectivity index (χ2v) is 4.18. The second-order valence-electron chi connectivity index (χ2n) is 4.18. The Labute approximate surface area is 115 Å². The number of pyridine rings is 1. The number of benzene rings is 1. The molecule has 100 valence electrons. The number of rotatable bonds is 3. The van der Waals surface area contributed by atoms with E-state index in [9.17, 15) is 5.11 Å².